The zero-order chi connectivity index (χ0) is 11.5. The van der Waals surface area contributed by atoms with E-state index in [-0.39, 0.29) is 0 Å². The molecule has 1 aliphatic rings. The average Bonchev–Trinajstić information content (AvgIpc) is 3.10. The molecule has 0 radical (unpaired) electrons. The third-order valence-corrected chi connectivity index (χ3v) is 2.77. The van der Waals surface area contributed by atoms with Gasteiger partial charge in [-0.05, 0) is 24.8 Å². The molecule has 0 N–H and O–H groups in total. The monoisotopic (exact) mass is 240 g/mol. The van der Waals surface area contributed by atoms with E-state index < -0.39 is 0 Å². The number of carbonyl (C=O) groups excluding carboxylic acids is 1. The molecule has 1 aromatic carbocycles. The van der Waals surface area contributed by atoms with Crippen molar-refractivity contribution < 1.29 is 14.3 Å². The molecule has 0 aromatic heterocycles. The molecule has 0 bridgehead atoms. The molecule has 0 heterocycles. The van der Waals surface area contributed by atoms with Crippen LogP contribution in [0.15, 0.2) is 12.1 Å². The van der Waals surface area contributed by atoms with Gasteiger partial charge in [-0.25, -0.2) is 0 Å². The third-order valence-electron chi connectivity index (χ3n) is 2.56. The van der Waals surface area contributed by atoms with E-state index >= 15 is 0 Å². The lowest BCUT2D eigenvalue weighted by molar-refractivity contribution is 0.111. The van der Waals surface area contributed by atoms with E-state index in [0.29, 0.717) is 34.6 Å². The molecule has 3 nitrogen and oxygen atoms in total. The Morgan fingerprint density at radius 1 is 1.50 bits per heavy atom. The van der Waals surface area contributed by atoms with E-state index in [1.807, 2.05) is 0 Å². The van der Waals surface area contributed by atoms with Gasteiger partial charge in [0.25, 0.3) is 0 Å². The van der Waals surface area contributed by atoms with Gasteiger partial charge in [-0.1, -0.05) is 11.6 Å². The van der Waals surface area contributed by atoms with Crippen molar-refractivity contribution in [2.24, 2.45) is 5.92 Å². The van der Waals surface area contributed by atoms with Crippen LogP contribution in [0.25, 0.3) is 0 Å². The highest BCUT2D eigenvalue weighted by molar-refractivity contribution is 6.31. The lowest BCUT2D eigenvalue weighted by Gasteiger charge is -2.12. The first kappa shape index (κ1) is 11.3. The lowest BCUT2D eigenvalue weighted by atomic mass is 10.2. The summed E-state index contributed by atoms with van der Waals surface area (Å²) in [6, 6.07) is 3.23. The summed E-state index contributed by atoms with van der Waals surface area (Å²) in [4.78, 5) is 10.9. The minimum Gasteiger partial charge on any atom is -0.493 e. The van der Waals surface area contributed by atoms with Crippen LogP contribution in [0.1, 0.15) is 23.2 Å². The first-order valence-electron chi connectivity index (χ1n) is 5.20. The number of halogens is 1. The fourth-order valence-corrected chi connectivity index (χ4v) is 1.68. The molecule has 16 heavy (non-hydrogen) atoms. The maximum atomic E-state index is 10.9. The van der Waals surface area contributed by atoms with Crippen LogP contribution >= 0.6 is 11.6 Å². The van der Waals surface area contributed by atoms with Gasteiger partial charge in [0.05, 0.1) is 19.3 Å². The highest BCUT2D eigenvalue weighted by atomic mass is 35.5. The largest absolute Gasteiger partial charge is 0.493 e. The first-order chi connectivity index (χ1) is 7.74. The quantitative estimate of drug-likeness (QED) is 0.743. The molecule has 0 atom stereocenters. The maximum Gasteiger partial charge on any atom is 0.171 e. The summed E-state index contributed by atoms with van der Waals surface area (Å²) < 4.78 is 10.8. The predicted octanol–water partition coefficient (Wildman–Crippen LogP) is 2.95. The average molecular weight is 241 g/mol. The van der Waals surface area contributed by atoms with Crippen molar-refractivity contribution in [3.05, 3.63) is 22.7 Å². The molecule has 86 valence electrons. The van der Waals surface area contributed by atoms with Gasteiger partial charge in [-0.2, -0.15) is 0 Å². The number of methoxy groups -OCH3 is 1. The van der Waals surface area contributed by atoms with E-state index in [9.17, 15) is 4.79 Å². The number of hydrogen-bond acceptors (Lipinski definition) is 3. The van der Waals surface area contributed by atoms with Crippen LogP contribution in [0.3, 0.4) is 0 Å². The Bertz CT molecular complexity index is 399. The number of ether oxygens (including phenoxy) is 2. The van der Waals surface area contributed by atoms with Gasteiger partial charge in [0.2, 0.25) is 0 Å². The molecule has 0 aliphatic heterocycles. The van der Waals surface area contributed by atoms with Crippen molar-refractivity contribution in [2.45, 2.75) is 12.8 Å². The molecular formula is C12H13ClO3. The molecular weight excluding hydrogens is 228 g/mol. The second-order valence-electron chi connectivity index (χ2n) is 3.90. The Morgan fingerprint density at radius 2 is 2.25 bits per heavy atom. The summed E-state index contributed by atoms with van der Waals surface area (Å²) in [5.74, 6) is 1.63. The SMILES string of the molecule is COc1cc(Cl)cc(C=O)c1OCC1CC1. The minimum absolute atomic E-state index is 0.435. The molecule has 1 aliphatic carbocycles. The van der Waals surface area contributed by atoms with E-state index in [1.165, 1.54) is 20.0 Å². The van der Waals surface area contributed by atoms with Crippen molar-refractivity contribution in [1.82, 2.24) is 0 Å². The van der Waals surface area contributed by atoms with Gasteiger partial charge in [0.15, 0.2) is 17.8 Å². The molecule has 1 fully saturated rings. The number of hydrogen-bond donors (Lipinski definition) is 0. The van der Waals surface area contributed by atoms with Crippen molar-refractivity contribution in [3.8, 4) is 11.5 Å². The fraction of sp³-hybridized carbons (Fsp3) is 0.417. The summed E-state index contributed by atoms with van der Waals surface area (Å²) in [6.07, 6.45) is 3.13. The minimum atomic E-state index is 0.435. The van der Waals surface area contributed by atoms with Crippen LogP contribution in [-0.4, -0.2) is 20.0 Å². The van der Waals surface area contributed by atoms with E-state index in [2.05, 4.69) is 0 Å². The van der Waals surface area contributed by atoms with Gasteiger partial charge in [-0.15, -0.1) is 0 Å². The topological polar surface area (TPSA) is 35.5 Å². The van der Waals surface area contributed by atoms with Crippen LogP contribution in [0.5, 0.6) is 11.5 Å². The summed E-state index contributed by atoms with van der Waals surface area (Å²) in [6.45, 7) is 0.638. The Morgan fingerprint density at radius 3 is 2.81 bits per heavy atom. The van der Waals surface area contributed by atoms with Crippen molar-refractivity contribution >= 4 is 17.9 Å². The fourth-order valence-electron chi connectivity index (χ4n) is 1.47. The molecule has 1 saturated carbocycles. The van der Waals surface area contributed by atoms with E-state index in [1.54, 1.807) is 12.1 Å². The van der Waals surface area contributed by atoms with Gasteiger partial charge >= 0.3 is 0 Å². The number of benzene rings is 1. The van der Waals surface area contributed by atoms with E-state index in [4.69, 9.17) is 21.1 Å². The van der Waals surface area contributed by atoms with Crippen LogP contribution < -0.4 is 9.47 Å². The van der Waals surface area contributed by atoms with Gasteiger partial charge in [0.1, 0.15) is 0 Å². The Labute approximate surface area is 99.3 Å². The zero-order valence-corrected chi connectivity index (χ0v) is 9.79. The summed E-state index contributed by atoms with van der Waals surface area (Å²) >= 11 is 5.86. The maximum absolute atomic E-state index is 10.9. The summed E-state index contributed by atoms with van der Waals surface area (Å²) in [5.41, 5.74) is 0.435. The normalized spacial score (nSPS) is 14.6. The standard InChI is InChI=1S/C12H13ClO3/c1-15-11-5-10(13)4-9(6-14)12(11)16-7-8-2-3-8/h4-6,8H,2-3,7H2,1H3. The van der Waals surface area contributed by atoms with Crippen LogP contribution in [0.4, 0.5) is 0 Å². The number of carbonyl (C=O) groups is 1. The van der Waals surface area contributed by atoms with Crippen molar-refractivity contribution in [3.63, 3.8) is 0 Å². The lowest BCUT2D eigenvalue weighted by Crippen LogP contribution is -2.03. The smallest absolute Gasteiger partial charge is 0.171 e. The zero-order valence-electron chi connectivity index (χ0n) is 9.03. The second-order valence-corrected chi connectivity index (χ2v) is 4.34. The first-order valence-corrected chi connectivity index (χ1v) is 5.58. The van der Waals surface area contributed by atoms with Crippen LogP contribution in [0.2, 0.25) is 5.02 Å². The summed E-state index contributed by atoms with van der Waals surface area (Å²) in [5, 5.41) is 0.470. The van der Waals surface area contributed by atoms with Gasteiger partial charge in [0, 0.05) is 11.1 Å². The highest BCUT2D eigenvalue weighted by Crippen LogP contribution is 2.36. The molecule has 0 saturated heterocycles. The van der Waals surface area contributed by atoms with Gasteiger partial charge < -0.3 is 9.47 Å². The van der Waals surface area contributed by atoms with E-state index in [0.717, 1.165) is 6.29 Å². The molecule has 0 spiro atoms. The van der Waals surface area contributed by atoms with Crippen molar-refractivity contribution in [2.75, 3.05) is 13.7 Å². The third kappa shape index (κ3) is 2.47. The molecule has 0 unspecified atom stereocenters. The molecule has 4 heteroatoms. The van der Waals surface area contributed by atoms with Crippen LogP contribution in [-0.2, 0) is 0 Å². The molecule has 2 rings (SSSR count). The molecule has 1 aromatic rings. The Balaban J connectivity index is 2.26. The Kier molecular flexibility index (Phi) is 3.34. The molecule has 0 amide bonds. The van der Waals surface area contributed by atoms with Crippen LogP contribution in [0, 0.1) is 5.92 Å². The second kappa shape index (κ2) is 4.74. The van der Waals surface area contributed by atoms with Crippen molar-refractivity contribution in [1.29, 1.82) is 0 Å². The van der Waals surface area contributed by atoms with Gasteiger partial charge in [-0.3, -0.25) is 4.79 Å². The summed E-state index contributed by atoms with van der Waals surface area (Å²) in [7, 11) is 1.53. The number of rotatable bonds is 5. The Hall–Kier alpha value is -1.22. The number of aldehydes is 1. The predicted molar refractivity (Wildman–Crippen MR) is 61.6 cm³/mol. The highest BCUT2D eigenvalue weighted by Gasteiger charge is 2.23.